The summed E-state index contributed by atoms with van der Waals surface area (Å²) in [6.45, 7) is 3.27. The van der Waals surface area contributed by atoms with Gasteiger partial charge in [-0.25, -0.2) is 0 Å². The van der Waals surface area contributed by atoms with Gasteiger partial charge in [0.2, 0.25) is 0 Å². The first-order valence-corrected chi connectivity index (χ1v) is 6.57. The molecule has 0 aromatic heterocycles. The van der Waals surface area contributed by atoms with Crippen molar-refractivity contribution in [1.82, 2.24) is 10.2 Å². The summed E-state index contributed by atoms with van der Waals surface area (Å²) in [6.07, 6.45) is 0. The van der Waals surface area contributed by atoms with Gasteiger partial charge >= 0.3 is 0 Å². The summed E-state index contributed by atoms with van der Waals surface area (Å²) in [7, 11) is 6.05. The van der Waals surface area contributed by atoms with Crippen molar-refractivity contribution < 1.29 is 4.74 Å². The van der Waals surface area contributed by atoms with Crippen molar-refractivity contribution in [2.45, 2.75) is 13.2 Å². The lowest BCUT2D eigenvalue weighted by atomic mass is 10.1. The van der Waals surface area contributed by atoms with Crippen LogP contribution < -0.4 is 5.32 Å². The van der Waals surface area contributed by atoms with E-state index >= 15 is 0 Å². The largest absolute Gasteiger partial charge is 0.375 e. The van der Waals surface area contributed by atoms with Crippen LogP contribution in [-0.4, -0.2) is 39.2 Å². The van der Waals surface area contributed by atoms with Gasteiger partial charge in [0.05, 0.1) is 13.2 Å². The Bertz CT molecular complexity index is 342. The van der Waals surface area contributed by atoms with Crippen LogP contribution in [0.25, 0.3) is 0 Å². The van der Waals surface area contributed by atoms with Crippen LogP contribution >= 0.6 is 15.9 Å². The molecule has 0 heterocycles. The number of halogens is 1. The third-order valence-electron chi connectivity index (χ3n) is 2.44. The van der Waals surface area contributed by atoms with E-state index in [0.717, 1.165) is 24.2 Å². The molecule has 0 aliphatic rings. The normalized spacial score (nSPS) is 11.1. The fourth-order valence-corrected chi connectivity index (χ4v) is 1.99. The monoisotopic (exact) mass is 300 g/mol. The average molecular weight is 301 g/mol. The molecule has 1 N–H and O–H groups in total. The molecule has 0 unspecified atom stereocenters. The zero-order valence-electron chi connectivity index (χ0n) is 10.8. The molecule has 1 aromatic carbocycles. The smallest absolute Gasteiger partial charge is 0.0728 e. The predicted molar refractivity (Wildman–Crippen MR) is 75.1 cm³/mol. The second kappa shape index (κ2) is 7.82. The molecular weight excluding hydrogens is 280 g/mol. The summed E-state index contributed by atoms with van der Waals surface area (Å²) in [4.78, 5) is 2.12. The third kappa shape index (κ3) is 5.64. The second-order valence-corrected chi connectivity index (χ2v) is 5.17. The molecular formula is C13H21BrN2O. The Labute approximate surface area is 112 Å². The molecule has 0 atom stereocenters. The Morgan fingerprint density at radius 2 is 2.12 bits per heavy atom. The number of hydrogen-bond donors (Lipinski definition) is 1. The van der Waals surface area contributed by atoms with Gasteiger partial charge in [0.15, 0.2) is 0 Å². The van der Waals surface area contributed by atoms with Crippen molar-refractivity contribution >= 4 is 15.9 Å². The first-order valence-electron chi connectivity index (χ1n) is 5.78. The minimum atomic E-state index is 0.661. The van der Waals surface area contributed by atoms with E-state index in [1.165, 1.54) is 11.1 Å². The van der Waals surface area contributed by atoms with Gasteiger partial charge < -0.3 is 15.0 Å². The lowest BCUT2D eigenvalue weighted by Crippen LogP contribution is -2.17. The highest BCUT2D eigenvalue weighted by molar-refractivity contribution is 9.10. The van der Waals surface area contributed by atoms with Crippen molar-refractivity contribution in [2.24, 2.45) is 0 Å². The van der Waals surface area contributed by atoms with Crippen LogP contribution in [0.15, 0.2) is 22.7 Å². The van der Waals surface area contributed by atoms with Gasteiger partial charge in [-0.15, -0.1) is 0 Å². The van der Waals surface area contributed by atoms with Crippen LogP contribution in [0, 0.1) is 0 Å². The van der Waals surface area contributed by atoms with Crippen molar-refractivity contribution in [1.29, 1.82) is 0 Å². The van der Waals surface area contributed by atoms with Gasteiger partial charge in [-0.1, -0.05) is 28.1 Å². The quantitative estimate of drug-likeness (QED) is 0.782. The second-order valence-electron chi connectivity index (χ2n) is 4.31. The molecule has 0 saturated heterocycles. The van der Waals surface area contributed by atoms with E-state index in [2.05, 4.69) is 44.3 Å². The minimum absolute atomic E-state index is 0.661. The summed E-state index contributed by atoms with van der Waals surface area (Å²) in [5, 5.41) is 3.14. The number of hydrogen-bond acceptors (Lipinski definition) is 3. The molecule has 0 spiro atoms. The summed E-state index contributed by atoms with van der Waals surface area (Å²) in [5.41, 5.74) is 2.47. The van der Waals surface area contributed by atoms with Gasteiger partial charge in [-0.2, -0.15) is 0 Å². The Kier molecular flexibility index (Phi) is 6.73. The number of likely N-dealkylation sites (N-methyl/N-ethyl adjacent to an activating group) is 1. The van der Waals surface area contributed by atoms with Crippen LogP contribution in [-0.2, 0) is 17.9 Å². The molecule has 0 aliphatic carbocycles. The zero-order chi connectivity index (χ0) is 12.7. The number of rotatable bonds is 7. The van der Waals surface area contributed by atoms with E-state index in [9.17, 15) is 0 Å². The van der Waals surface area contributed by atoms with Gasteiger partial charge in [0.1, 0.15) is 0 Å². The van der Waals surface area contributed by atoms with Crippen LogP contribution in [0.4, 0.5) is 0 Å². The molecule has 1 rings (SSSR count). The topological polar surface area (TPSA) is 24.5 Å². The average Bonchev–Trinajstić information content (AvgIpc) is 2.27. The van der Waals surface area contributed by atoms with Crippen LogP contribution in [0.2, 0.25) is 0 Å². The van der Waals surface area contributed by atoms with E-state index in [-0.39, 0.29) is 0 Å². The van der Waals surface area contributed by atoms with Crippen LogP contribution in [0.1, 0.15) is 11.1 Å². The zero-order valence-corrected chi connectivity index (χ0v) is 12.4. The number of benzene rings is 1. The van der Waals surface area contributed by atoms with Gasteiger partial charge in [-0.3, -0.25) is 0 Å². The predicted octanol–water partition coefficient (Wildman–Crippen LogP) is 2.25. The molecule has 4 heteroatoms. The van der Waals surface area contributed by atoms with E-state index in [1.807, 2.05) is 21.1 Å². The first-order chi connectivity index (χ1) is 8.13. The summed E-state index contributed by atoms with van der Waals surface area (Å²) >= 11 is 3.58. The standard InChI is InChI=1S/C13H21BrN2O/c1-15-9-11-4-5-12(13(14)8-11)10-17-7-6-16(2)3/h4-5,8,15H,6-7,9-10H2,1-3H3. The van der Waals surface area contributed by atoms with Crippen LogP contribution in [0.3, 0.4) is 0 Å². The molecule has 96 valence electrons. The lowest BCUT2D eigenvalue weighted by Gasteiger charge is -2.11. The molecule has 0 saturated carbocycles. The summed E-state index contributed by atoms with van der Waals surface area (Å²) < 4.78 is 6.74. The van der Waals surface area contributed by atoms with Gasteiger partial charge in [0.25, 0.3) is 0 Å². The third-order valence-corrected chi connectivity index (χ3v) is 3.18. The van der Waals surface area contributed by atoms with E-state index in [0.29, 0.717) is 6.61 Å². The molecule has 0 fully saturated rings. The SMILES string of the molecule is CNCc1ccc(COCCN(C)C)c(Br)c1. The Morgan fingerprint density at radius 3 is 2.71 bits per heavy atom. The molecule has 0 bridgehead atoms. The highest BCUT2D eigenvalue weighted by Crippen LogP contribution is 2.19. The molecule has 0 amide bonds. The Balaban J connectivity index is 2.43. The maximum atomic E-state index is 5.62. The lowest BCUT2D eigenvalue weighted by molar-refractivity contribution is 0.105. The number of ether oxygens (including phenoxy) is 1. The fraction of sp³-hybridized carbons (Fsp3) is 0.538. The van der Waals surface area contributed by atoms with E-state index in [4.69, 9.17) is 4.74 Å². The molecule has 3 nitrogen and oxygen atoms in total. The maximum absolute atomic E-state index is 5.62. The van der Waals surface area contributed by atoms with Crippen molar-refractivity contribution in [3.05, 3.63) is 33.8 Å². The summed E-state index contributed by atoms with van der Waals surface area (Å²) in [6, 6.07) is 6.39. The van der Waals surface area contributed by atoms with Gasteiger partial charge in [0, 0.05) is 17.6 Å². The minimum Gasteiger partial charge on any atom is -0.375 e. The van der Waals surface area contributed by atoms with Gasteiger partial charge in [-0.05, 0) is 38.3 Å². The molecule has 17 heavy (non-hydrogen) atoms. The van der Waals surface area contributed by atoms with E-state index in [1.54, 1.807) is 0 Å². The Hall–Kier alpha value is -0.420. The molecule has 0 radical (unpaired) electrons. The summed E-state index contributed by atoms with van der Waals surface area (Å²) in [5.74, 6) is 0. The Morgan fingerprint density at radius 1 is 1.35 bits per heavy atom. The number of nitrogens with zero attached hydrogens (tertiary/aromatic N) is 1. The van der Waals surface area contributed by atoms with E-state index < -0.39 is 0 Å². The number of nitrogens with one attached hydrogen (secondary N) is 1. The fourth-order valence-electron chi connectivity index (χ4n) is 1.45. The van der Waals surface area contributed by atoms with Crippen molar-refractivity contribution in [3.63, 3.8) is 0 Å². The maximum Gasteiger partial charge on any atom is 0.0728 e. The highest BCUT2D eigenvalue weighted by atomic mass is 79.9. The molecule has 1 aromatic rings. The highest BCUT2D eigenvalue weighted by Gasteiger charge is 2.01. The van der Waals surface area contributed by atoms with Crippen molar-refractivity contribution in [2.75, 3.05) is 34.3 Å². The first kappa shape index (κ1) is 14.6. The van der Waals surface area contributed by atoms with Crippen LogP contribution in [0.5, 0.6) is 0 Å². The van der Waals surface area contributed by atoms with Crippen molar-refractivity contribution in [3.8, 4) is 0 Å². The molecule has 0 aliphatic heterocycles.